The van der Waals surface area contributed by atoms with Gasteiger partial charge < -0.3 is 9.84 Å². The van der Waals surface area contributed by atoms with Crippen LogP contribution in [0.5, 0.6) is 0 Å². The second kappa shape index (κ2) is 6.43. The van der Waals surface area contributed by atoms with Crippen molar-refractivity contribution < 1.29 is 9.32 Å². The molecule has 0 aromatic carbocycles. The summed E-state index contributed by atoms with van der Waals surface area (Å²) in [7, 11) is 0. The smallest absolute Gasteiger partial charge is 0.224 e. The van der Waals surface area contributed by atoms with E-state index < -0.39 is 0 Å². The van der Waals surface area contributed by atoms with Crippen molar-refractivity contribution in [3.63, 3.8) is 0 Å². The van der Waals surface area contributed by atoms with Crippen molar-refractivity contribution >= 4 is 5.91 Å². The Hall–Kier alpha value is -2.96. The molecular formula is C16H17N5O2. The molecule has 0 aliphatic heterocycles. The normalized spacial score (nSPS) is 10.7. The predicted molar refractivity (Wildman–Crippen MR) is 82.9 cm³/mol. The van der Waals surface area contributed by atoms with Crippen LogP contribution in [-0.2, 0) is 17.8 Å². The molecule has 0 atom stereocenters. The molecule has 1 amide bonds. The summed E-state index contributed by atoms with van der Waals surface area (Å²) in [6, 6.07) is 5.58. The minimum absolute atomic E-state index is 0.0883. The first-order valence-corrected chi connectivity index (χ1v) is 7.27. The summed E-state index contributed by atoms with van der Waals surface area (Å²) in [5, 5.41) is 10.9. The standard InChI is InChI=1S/C16H17N5O2/c1-11-14(12(2)23-20-11)9-15(22)18-10-13-5-3-6-17-16(13)21-8-4-7-19-21/h3-8H,9-10H2,1-2H3,(H,18,22). The van der Waals surface area contributed by atoms with Crippen LogP contribution in [0.3, 0.4) is 0 Å². The summed E-state index contributed by atoms with van der Waals surface area (Å²) in [4.78, 5) is 16.5. The van der Waals surface area contributed by atoms with E-state index in [1.807, 2.05) is 31.3 Å². The van der Waals surface area contributed by atoms with Gasteiger partial charge in [-0.1, -0.05) is 11.2 Å². The van der Waals surface area contributed by atoms with Gasteiger partial charge in [0.2, 0.25) is 5.91 Å². The van der Waals surface area contributed by atoms with Crippen LogP contribution in [0.15, 0.2) is 41.3 Å². The van der Waals surface area contributed by atoms with E-state index in [1.165, 1.54) is 0 Å². The molecule has 0 radical (unpaired) electrons. The van der Waals surface area contributed by atoms with Crippen molar-refractivity contribution in [1.82, 2.24) is 25.2 Å². The number of nitrogens with one attached hydrogen (secondary N) is 1. The van der Waals surface area contributed by atoms with Crippen molar-refractivity contribution in [3.8, 4) is 5.82 Å². The van der Waals surface area contributed by atoms with Gasteiger partial charge in [0.15, 0.2) is 5.82 Å². The molecule has 0 aliphatic carbocycles. The maximum absolute atomic E-state index is 12.2. The van der Waals surface area contributed by atoms with Gasteiger partial charge in [-0.2, -0.15) is 5.10 Å². The van der Waals surface area contributed by atoms with Crippen LogP contribution < -0.4 is 5.32 Å². The number of rotatable bonds is 5. The minimum Gasteiger partial charge on any atom is -0.361 e. The fraction of sp³-hybridized carbons (Fsp3) is 0.250. The first-order valence-electron chi connectivity index (χ1n) is 7.27. The zero-order valence-electron chi connectivity index (χ0n) is 13.0. The quantitative estimate of drug-likeness (QED) is 0.775. The molecule has 0 unspecified atom stereocenters. The highest BCUT2D eigenvalue weighted by Crippen LogP contribution is 2.13. The van der Waals surface area contributed by atoms with Crippen LogP contribution in [-0.4, -0.2) is 25.8 Å². The van der Waals surface area contributed by atoms with Gasteiger partial charge in [-0.15, -0.1) is 0 Å². The number of carbonyl (C=O) groups is 1. The van der Waals surface area contributed by atoms with Crippen molar-refractivity contribution in [2.75, 3.05) is 0 Å². The van der Waals surface area contributed by atoms with Crippen LogP contribution in [0.2, 0.25) is 0 Å². The molecule has 23 heavy (non-hydrogen) atoms. The van der Waals surface area contributed by atoms with Gasteiger partial charge >= 0.3 is 0 Å². The van der Waals surface area contributed by atoms with Crippen LogP contribution in [0.25, 0.3) is 5.82 Å². The highest BCUT2D eigenvalue weighted by Gasteiger charge is 2.14. The fourth-order valence-electron chi connectivity index (χ4n) is 2.34. The first kappa shape index (κ1) is 15.0. The van der Waals surface area contributed by atoms with Gasteiger partial charge in [0.05, 0.1) is 12.1 Å². The summed E-state index contributed by atoms with van der Waals surface area (Å²) >= 11 is 0. The van der Waals surface area contributed by atoms with E-state index in [0.29, 0.717) is 18.1 Å². The first-order chi connectivity index (χ1) is 11.1. The van der Waals surface area contributed by atoms with Crippen molar-refractivity contribution in [2.24, 2.45) is 0 Å². The maximum atomic E-state index is 12.2. The summed E-state index contributed by atoms with van der Waals surface area (Å²) in [6.07, 6.45) is 5.46. The lowest BCUT2D eigenvalue weighted by atomic mass is 10.1. The molecule has 7 nitrogen and oxygen atoms in total. The van der Waals surface area contributed by atoms with E-state index >= 15 is 0 Å². The largest absolute Gasteiger partial charge is 0.361 e. The molecule has 118 valence electrons. The lowest BCUT2D eigenvalue weighted by molar-refractivity contribution is -0.120. The Kier molecular flexibility index (Phi) is 4.18. The van der Waals surface area contributed by atoms with Gasteiger partial charge in [-0.05, 0) is 26.0 Å². The monoisotopic (exact) mass is 311 g/mol. The second-order valence-corrected chi connectivity index (χ2v) is 5.19. The summed E-state index contributed by atoms with van der Waals surface area (Å²) in [5.41, 5.74) is 2.47. The third-order valence-corrected chi connectivity index (χ3v) is 3.58. The molecule has 3 rings (SSSR count). The molecular weight excluding hydrogens is 294 g/mol. The Morgan fingerprint density at radius 3 is 2.87 bits per heavy atom. The number of hydrogen-bond donors (Lipinski definition) is 1. The highest BCUT2D eigenvalue weighted by atomic mass is 16.5. The Bertz CT molecular complexity index is 788. The van der Waals surface area contributed by atoms with Gasteiger partial charge in [0.1, 0.15) is 5.76 Å². The molecule has 0 fully saturated rings. The van der Waals surface area contributed by atoms with Crippen LogP contribution in [0.4, 0.5) is 0 Å². The van der Waals surface area contributed by atoms with Gasteiger partial charge in [0.25, 0.3) is 0 Å². The SMILES string of the molecule is Cc1noc(C)c1CC(=O)NCc1cccnc1-n1cccn1. The molecule has 0 saturated heterocycles. The minimum atomic E-state index is -0.0883. The maximum Gasteiger partial charge on any atom is 0.224 e. The molecule has 3 aromatic heterocycles. The third kappa shape index (κ3) is 3.28. The molecule has 0 bridgehead atoms. The summed E-state index contributed by atoms with van der Waals surface area (Å²) < 4.78 is 6.75. The zero-order chi connectivity index (χ0) is 16.2. The van der Waals surface area contributed by atoms with E-state index in [-0.39, 0.29) is 12.3 Å². The zero-order valence-corrected chi connectivity index (χ0v) is 13.0. The van der Waals surface area contributed by atoms with Gasteiger partial charge in [-0.3, -0.25) is 4.79 Å². The third-order valence-electron chi connectivity index (χ3n) is 3.58. The molecule has 0 spiro atoms. The van der Waals surface area contributed by atoms with Crippen LogP contribution in [0.1, 0.15) is 22.6 Å². The van der Waals surface area contributed by atoms with Crippen LogP contribution >= 0.6 is 0 Å². The number of nitrogens with zero attached hydrogens (tertiary/aromatic N) is 4. The number of pyridine rings is 1. The molecule has 3 aromatic rings. The molecule has 7 heteroatoms. The van der Waals surface area contributed by atoms with Gasteiger partial charge in [0, 0.05) is 36.3 Å². The molecule has 1 N–H and O–H groups in total. The predicted octanol–water partition coefficient (Wildman–Crippen LogP) is 1.73. The number of aromatic nitrogens is 4. The topological polar surface area (TPSA) is 85.8 Å². The van der Waals surface area contributed by atoms with E-state index in [2.05, 4.69) is 20.6 Å². The molecule has 3 heterocycles. The number of carbonyl (C=O) groups excluding carboxylic acids is 1. The second-order valence-electron chi connectivity index (χ2n) is 5.19. The van der Waals surface area contributed by atoms with E-state index in [0.717, 1.165) is 16.8 Å². The van der Waals surface area contributed by atoms with E-state index in [9.17, 15) is 4.79 Å². The van der Waals surface area contributed by atoms with Crippen molar-refractivity contribution in [3.05, 3.63) is 59.4 Å². The van der Waals surface area contributed by atoms with Crippen molar-refractivity contribution in [1.29, 1.82) is 0 Å². The molecule has 0 aliphatic rings. The summed E-state index contributed by atoms with van der Waals surface area (Å²) in [5.74, 6) is 1.29. The Morgan fingerprint density at radius 2 is 2.17 bits per heavy atom. The van der Waals surface area contributed by atoms with E-state index in [1.54, 1.807) is 24.0 Å². The fourth-order valence-corrected chi connectivity index (χ4v) is 2.34. The number of amides is 1. The Morgan fingerprint density at radius 1 is 1.30 bits per heavy atom. The summed E-state index contributed by atoms with van der Waals surface area (Å²) in [6.45, 7) is 4.01. The lowest BCUT2D eigenvalue weighted by Crippen LogP contribution is -2.25. The van der Waals surface area contributed by atoms with Crippen molar-refractivity contribution in [2.45, 2.75) is 26.8 Å². The number of aryl methyl sites for hydroxylation is 2. The van der Waals surface area contributed by atoms with Crippen LogP contribution in [0, 0.1) is 13.8 Å². The van der Waals surface area contributed by atoms with Gasteiger partial charge in [-0.25, -0.2) is 9.67 Å². The average molecular weight is 311 g/mol. The number of hydrogen-bond acceptors (Lipinski definition) is 5. The average Bonchev–Trinajstić information content (AvgIpc) is 3.19. The van der Waals surface area contributed by atoms with E-state index in [4.69, 9.17) is 4.52 Å². The lowest BCUT2D eigenvalue weighted by Gasteiger charge is -2.09. The Balaban J connectivity index is 1.68. The highest BCUT2D eigenvalue weighted by molar-refractivity contribution is 5.79. The molecule has 0 saturated carbocycles. The Labute approximate surface area is 133 Å².